The lowest BCUT2D eigenvalue weighted by atomic mass is 10.2. The van der Waals surface area contributed by atoms with Crippen molar-refractivity contribution in [1.82, 2.24) is 24.9 Å². The van der Waals surface area contributed by atoms with Crippen molar-refractivity contribution in [2.24, 2.45) is 4.99 Å². The minimum absolute atomic E-state index is 0.104. The van der Waals surface area contributed by atoms with Crippen molar-refractivity contribution < 1.29 is 9.53 Å². The van der Waals surface area contributed by atoms with Gasteiger partial charge in [0, 0.05) is 45.0 Å². The largest absolute Gasteiger partial charge is 0.383 e. The molecular formula is C19H36N6O2. The van der Waals surface area contributed by atoms with E-state index in [1.807, 2.05) is 49.2 Å². The van der Waals surface area contributed by atoms with Gasteiger partial charge in [0.1, 0.15) is 0 Å². The third kappa shape index (κ3) is 6.53. The Kier molecular flexibility index (Phi) is 9.85. The number of aromatic nitrogens is 2. The third-order valence-corrected chi connectivity index (χ3v) is 4.61. The lowest BCUT2D eigenvalue weighted by Gasteiger charge is -2.25. The summed E-state index contributed by atoms with van der Waals surface area (Å²) in [6.07, 6.45) is 0. The third-order valence-electron chi connectivity index (χ3n) is 4.61. The van der Waals surface area contributed by atoms with E-state index < -0.39 is 0 Å². The smallest absolute Gasteiger partial charge is 0.242 e. The first kappa shape index (κ1) is 23.0. The first-order valence-electron chi connectivity index (χ1n) is 9.68. The summed E-state index contributed by atoms with van der Waals surface area (Å²) in [6.45, 7) is 14.4. The first-order valence-corrected chi connectivity index (χ1v) is 9.68. The van der Waals surface area contributed by atoms with Crippen LogP contribution in [0, 0.1) is 13.8 Å². The summed E-state index contributed by atoms with van der Waals surface area (Å²) in [6, 6.07) is 0. The van der Waals surface area contributed by atoms with Crippen LogP contribution >= 0.6 is 0 Å². The Morgan fingerprint density at radius 2 is 1.93 bits per heavy atom. The van der Waals surface area contributed by atoms with Gasteiger partial charge in [0.2, 0.25) is 5.91 Å². The Hall–Kier alpha value is -2.09. The fourth-order valence-corrected chi connectivity index (χ4v) is 2.94. The second kappa shape index (κ2) is 11.6. The molecule has 0 bridgehead atoms. The number of hydrogen-bond donors (Lipinski definition) is 1. The maximum absolute atomic E-state index is 12.4. The van der Waals surface area contributed by atoms with Crippen LogP contribution < -0.4 is 5.32 Å². The minimum Gasteiger partial charge on any atom is -0.383 e. The van der Waals surface area contributed by atoms with Gasteiger partial charge in [-0.05, 0) is 34.6 Å². The van der Waals surface area contributed by atoms with Crippen LogP contribution in [0.25, 0.3) is 0 Å². The van der Waals surface area contributed by atoms with Crippen molar-refractivity contribution >= 4 is 11.9 Å². The predicted molar refractivity (Wildman–Crippen MR) is 109 cm³/mol. The Balaban J connectivity index is 2.90. The van der Waals surface area contributed by atoms with Crippen LogP contribution in [0.1, 0.15) is 37.7 Å². The van der Waals surface area contributed by atoms with Crippen LogP contribution in [-0.4, -0.2) is 78.4 Å². The Bertz CT molecular complexity index is 622. The van der Waals surface area contributed by atoms with Crippen LogP contribution in [0.15, 0.2) is 4.99 Å². The highest BCUT2D eigenvalue weighted by Gasteiger charge is 2.16. The molecule has 0 fully saturated rings. The molecule has 0 saturated heterocycles. The molecule has 0 aromatic carbocycles. The van der Waals surface area contributed by atoms with E-state index in [2.05, 4.69) is 17.3 Å². The first-order chi connectivity index (χ1) is 12.9. The van der Waals surface area contributed by atoms with Crippen LogP contribution in [0.3, 0.4) is 0 Å². The summed E-state index contributed by atoms with van der Waals surface area (Å²) in [5, 5.41) is 7.85. The summed E-state index contributed by atoms with van der Waals surface area (Å²) in [4.78, 5) is 20.8. The van der Waals surface area contributed by atoms with Crippen LogP contribution in [0.2, 0.25) is 0 Å². The number of guanidine groups is 1. The van der Waals surface area contributed by atoms with E-state index in [4.69, 9.17) is 9.73 Å². The van der Waals surface area contributed by atoms with Crippen molar-refractivity contribution in [3.8, 4) is 0 Å². The van der Waals surface area contributed by atoms with E-state index in [1.54, 1.807) is 7.11 Å². The van der Waals surface area contributed by atoms with Gasteiger partial charge in [0.05, 0.1) is 31.9 Å². The zero-order valence-electron chi connectivity index (χ0n) is 18.0. The molecule has 1 N–H and O–H groups in total. The molecule has 1 amide bonds. The normalized spacial score (nSPS) is 11.6. The van der Waals surface area contributed by atoms with Crippen molar-refractivity contribution in [2.75, 3.05) is 46.9 Å². The van der Waals surface area contributed by atoms with Crippen LogP contribution in [0.4, 0.5) is 0 Å². The predicted octanol–water partition coefficient (Wildman–Crippen LogP) is 1.41. The Morgan fingerprint density at radius 1 is 1.26 bits per heavy atom. The molecule has 0 atom stereocenters. The van der Waals surface area contributed by atoms with Gasteiger partial charge in [-0.15, -0.1) is 0 Å². The van der Waals surface area contributed by atoms with E-state index >= 15 is 0 Å². The maximum Gasteiger partial charge on any atom is 0.242 e. The lowest BCUT2D eigenvalue weighted by molar-refractivity contribution is -0.131. The fraction of sp³-hybridized carbons (Fsp3) is 0.737. The summed E-state index contributed by atoms with van der Waals surface area (Å²) in [5.41, 5.74) is 3.20. The van der Waals surface area contributed by atoms with Crippen molar-refractivity contribution in [2.45, 2.75) is 47.7 Å². The number of amides is 1. The standard InChI is InChI=1S/C19H36N6O2/c1-8-20-19(23(6)14-18(26)24(9-2)10-3)21-13-17-15(4)22-25(16(17)5)11-12-27-7/h8-14H2,1-7H3,(H,20,21). The number of likely N-dealkylation sites (N-methyl/N-ethyl adjacent to an activating group) is 2. The molecule has 27 heavy (non-hydrogen) atoms. The molecule has 154 valence electrons. The van der Waals surface area contributed by atoms with Gasteiger partial charge in [0.15, 0.2) is 5.96 Å². The topological polar surface area (TPSA) is 75.0 Å². The molecule has 1 aromatic heterocycles. The van der Waals surface area contributed by atoms with E-state index in [1.165, 1.54) is 0 Å². The van der Waals surface area contributed by atoms with Crippen molar-refractivity contribution in [3.63, 3.8) is 0 Å². The number of methoxy groups -OCH3 is 1. The number of carbonyl (C=O) groups excluding carboxylic acids is 1. The van der Waals surface area contributed by atoms with Gasteiger partial charge >= 0.3 is 0 Å². The maximum atomic E-state index is 12.4. The molecule has 0 spiro atoms. The van der Waals surface area contributed by atoms with Crippen molar-refractivity contribution in [3.05, 3.63) is 17.0 Å². The van der Waals surface area contributed by atoms with E-state index in [0.717, 1.165) is 49.1 Å². The molecule has 1 rings (SSSR count). The number of aryl methyl sites for hydroxylation is 1. The van der Waals surface area contributed by atoms with E-state index in [0.29, 0.717) is 19.7 Å². The van der Waals surface area contributed by atoms with Gasteiger partial charge < -0.3 is 19.9 Å². The second-order valence-electron chi connectivity index (χ2n) is 6.46. The number of ether oxygens (including phenoxy) is 1. The summed E-state index contributed by atoms with van der Waals surface area (Å²) in [7, 11) is 3.58. The molecule has 0 aliphatic heterocycles. The average molecular weight is 381 g/mol. The summed E-state index contributed by atoms with van der Waals surface area (Å²) in [5.74, 6) is 0.828. The van der Waals surface area contributed by atoms with Gasteiger partial charge in [-0.2, -0.15) is 5.10 Å². The van der Waals surface area contributed by atoms with Crippen molar-refractivity contribution in [1.29, 1.82) is 0 Å². The molecule has 0 saturated carbocycles. The highest BCUT2D eigenvalue weighted by atomic mass is 16.5. The average Bonchev–Trinajstić information content (AvgIpc) is 2.91. The quantitative estimate of drug-likeness (QED) is 0.491. The van der Waals surface area contributed by atoms with Crippen LogP contribution in [0.5, 0.6) is 0 Å². The highest BCUT2D eigenvalue weighted by Crippen LogP contribution is 2.14. The zero-order chi connectivity index (χ0) is 20.4. The highest BCUT2D eigenvalue weighted by molar-refractivity contribution is 5.86. The molecule has 0 unspecified atom stereocenters. The second-order valence-corrected chi connectivity index (χ2v) is 6.46. The SMILES string of the molecule is CCNC(=NCc1c(C)nn(CCOC)c1C)N(C)CC(=O)N(CC)CC. The van der Waals surface area contributed by atoms with Gasteiger partial charge in [0.25, 0.3) is 0 Å². The number of aliphatic imine (C=N–C) groups is 1. The molecule has 1 aromatic rings. The van der Waals surface area contributed by atoms with Gasteiger partial charge in [-0.1, -0.05) is 0 Å². The van der Waals surface area contributed by atoms with Gasteiger partial charge in [-0.3, -0.25) is 9.48 Å². The molecule has 8 heteroatoms. The molecule has 0 aliphatic carbocycles. The molecule has 0 radical (unpaired) electrons. The number of rotatable bonds is 10. The Morgan fingerprint density at radius 3 is 2.48 bits per heavy atom. The number of nitrogens with zero attached hydrogens (tertiary/aromatic N) is 5. The van der Waals surface area contributed by atoms with E-state index in [9.17, 15) is 4.79 Å². The lowest BCUT2D eigenvalue weighted by Crippen LogP contribution is -2.45. The monoisotopic (exact) mass is 380 g/mol. The minimum atomic E-state index is 0.104. The number of hydrogen-bond acceptors (Lipinski definition) is 4. The summed E-state index contributed by atoms with van der Waals surface area (Å²) < 4.78 is 7.11. The Labute approximate surface area is 163 Å². The number of carbonyl (C=O) groups is 1. The fourth-order valence-electron chi connectivity index (χ4n) is 2.94. The molecule has 8 nitrogen and oxygen atoms in total. The molecule has 0 aliphatic rings. The van der Waals surface area contributed by atoms with Gasteiger partial charge in [-0.25, -0.2) is 4.99 Å². The number of nitrogens with one attached hydrogen (secondary N) is 1. The van der Waals surface area contributed by atoms with Crippen LogP contribution in [-0.2, 0) is 22.6 Å². The molecule has 1 heterocycles. The summed E-state index contributed by atoms with van der Waals surface area (Å²) >= 11 is 0. The zero-order valence-corrected chi connectivity index (χ0v) is 18.0. The van der Waals surface area contributed by atoms with E-state index in [-0.39, 0.29) is 5.91 Å². The molecular weight excluding hydrogens is 344 g/mol.